The largest absolute Gasteiger partial charge is 0.395 e. The molecule has 0 fully saturated rings. The van der Waals surface area contributed by atoms with Crippen LogP contribution in [0.4, 0.5) is 0 Å². The fraction of sp³-hybridized carbons (Fsp3) is 0.875. The summed E-state index contributed by atoms with van der Waals surface area (Å²) in [6, 6.07) is -0.251. The normalized spacial score (nSPS) is 15.7. The van der Waals surface area contributed by atoms with Crippen LogP contribution in [0.3, 0.4) is 0 Å². The number of carbonyl (C=O) groups excluding carboxylic acids is 1. The van der Waals surface area contributed by atoms with Crippen molar-refractivity contribution in [2.45, 2.75) is 18.2 Å². The Balaban J connectivity index is 4.18. The van der Waals surface area contributed by atoms with Crippen molar-refractivity contribution in [1.29, 1.82) is 0 Å². The van der Waals surface area contributed by atoms with Gasteiger partial charge in [-0.05, 0) is 13.2 Å². The molecule has 0 aliphatic carbocycles. The Hall–Kier alpha value is -0.270. The number of thioether (sulfide) groups is 1. The maximum absolute atomic E-state index is 11.2. The number of hydrogen-bond acceptors (Lipinski definition) is 5. The maximum Gasteiger partial charge on any atom is 0.235 e. The molecule has 0 bridgehead atoms. The Morgan fingerprint density at radius 3 is 2.40 bits per heavy atom. The van der Waals surface area contributed by atoms with Crippen molar-refractivity contribution < 1.29 is 18.3 Å². The Kier molecular flexibility index (Phi) is 6.23. The maximum atomic E-state index is 11.2. The Morgan fingerprint density at radius 1 is 1.53 bits per heavy atom. The van der Waals surface area contributed by atoms with Crippen LogP contribution in [-0.4, -0.2) is 55.6 Å². The summed E-state index contributed by atoms with van der Waals surface area (Å²) in [5, 5.41) is 11.4. The highest BCUT2D eigenvalue weighted by Gasteiger charge is 2.19. The third-order valence-corrected chi connectivity index (χ3v) is 3.77. The molecule has 0 heterocycles. The van der Waals surface area contributed by atoms with Crippen molar-refractivity contribution in [3.63, 3.8) is 0 Å². The summed E-state index contributed by atoms with van der Waals surface area (Å²) in [4.78, 5) is 11.2. The van der Waals surface area contributed by atoms with Crippen molar-refractivity contribution in [2.24, 2.45) is 0 Å². The van der Waals surface area contributed by atoms with Gasteiger partial charge >= 0.3 is 0 Å². The first-order chi connectivity index (χ1) is 6.80. The van der Waals surface area contributed by atoms with E-state index < -0.39 is 21.5 Å². The van der Waals surface area contributed by atoms with Gasteiger partial charge in [0.15, 0.2) is 9.84 Å². The number of rotatable bonds is 6. The quantitative estimate of drug-likeness (QED) is 0.653. The molecule has 90 valence electrons. The monoisotopic (exact) mass is 255 g/mol. The molecule has 1 amide bonds. The topological polar surface area (TPSA) is 83.5 Å². The number of sulfone groups is 1. The van der Waals surface area contributed by atoms with Crippen molar-refractivity contribution in [1.82, 2.24) is 5.32 Å². The highest BCUT2D eigenvalue weighted by Crippen LogP contribution is 2.09. The van der Waals surface area contributed by atoms with E-state index in [9.17, 15) is 13.2 Å². The third kappa shape index (κ3) is 6.75. The van der Waals surface area contributed by atoms with Gasteiger partial charge in [-0.3, -0.25) is 4.79 Å². The van der Waals surface area contributed by atoms with E-state index >= 15 is 0 Å². The average molecular weight is 255 g/mol. The standard InChI is InChI=1S/C8H17NO4S2/c1-6(7(4-10)14-2)9-8(11)5-15(3,12)13/h6-7,10H,4-5H2,1-3H3,(H,9,11). The van der Waals surface area contributed by atoms with Crippen LogP contribution < -0.4 is 5.32 Å². The second-order valence-corrected chi connectivity index (χ2v) is 6.60. The molecule has 0 aromatic carbocycles. The summed E-state index contributed by atoms with van der Waals surface area (Å²) in [6.45, 7) is 1.68. The predicted molar refractivity (Wildman–Crippen MR) is 61.7 cm³/mol. The SMILES string of the molecule is CSC(CO)C(C)NC(=O)CS(C)(=O)=O. The predicted octanol–water partition coefficient (Wildman–Crippen LogP) is -0.740. The number of amides is 1. The highest BCUT2D eigenvalue weighted by atomic mass is 32.2. The lowest BCUT2D eigenvalue weighted by atomic mass is 10.2. The van der Waals surface area contributed by atoms with E-state index in [1.807, 2.05) is 6.26 Å². The first kappa shape index (κ1) is 14.7. The van der Waals surface area contributed by atoms with Crippen molar-refractivity contribution in [3.05, 3.63) is 0 Å². The molecule has 7 heteroatoms. The molecule has 0 aromatic heterocycles. The van der Waals surface area contributed by atoms with Gasteiger partial charge in [-0.2, -0.15) is 11.8 Å². The van der Waals surface area contributed by atoms with Crippen molar-refractivity contribution in [3.8, 4) is 0 Å². The molecule has 0 saturated heterocycles. The number of aliphatic hydroxyl groups is 1. The van der Waals surface area contributed by atoms with Gasteiger partial charge in [0.05, 0.1) is 6.61 Å². The molecular formula is C8H17NO4S2. The minimum atomic E-state index is -3.29. The minimum absolute atomic E-state index is 0.0541. The van der Waals surface area contributed by atoms with Crippen LogP contribution in [0.5, 0.6) is 0 Å². The average Bonchev–Trinajstić information content (AvgIpc) is 2.02. The summed E-state index contributed by atoms with van der Waals surface area (Å²) < 4.78 is 21.6. The summed E-state index contributed by atoms with van der Waals surface area (Å²) in [5.74, 6) is -1.04. The van der Waals surface area contributed by atoms with Gasteiger partial charge in [0, 0.05) is 17.5 Å². The second-order valence-electron chi connectivity index (χ2n) is 3.38. The van der Waals surface area contributed by atoms with Crippen LogP contribution in [0.2, 0.25) is 0 Å². The lowest BCUT2D eigenvalue weighted by molar-refractivity contribution is -0.119. The van der Waals surface area contributed by atoms with E-state index in [0.717, 1.165) is 6.26 Å². The first-order valence-corrected chi connectivity index (χ1v) is 7.75. The molecule has 0 aliphatic rings. The molecule has 0 radical (unpaired) electrons. The van der Waals surface area contributed by atoms with E-state index in [-0.39, 0.29) is 17.9 Å². The number of carbonyl (C=O) groups is 1. The van der Waals surface area contributed by atoms with Crippen molar-refractivity contribution >= 4 is 27.5 Å². The highest BCUT2D eigenvalue weighted by molar-refractivity contribution is 7.99. The third-order valence-electron chi connectivity index (χ3n) is 1.82. The van der Waals surface area contributed by atoms with E-state index in [0.29, 0.717) is 0 Å². The molecule has 0 saturated carbocycles. The summed E-state index contributed by atoms with van der Waals surface area (Å²) in [6.07, 6.45) is 2.83. The molecule has 0 spiro atoms. The molecule has 0 aromatic rings. The molecule has 2 atom stereocenters. The lowest BCUT2D eigenvalue weighted by Crippen LogP contribution is -2.43. The first-order valence-electron chi connectivity index (χ1n) is 4.41. The van der Waals surface area contributed by atoms with Gasteiger partial charge < -0.3 is 10.4 Å². The van der Waals surface area contributed by atoms with Gasteiger partial charge in [0.25, 0.3) is 0 Å². The lowest BCUT2D eigenvalue weighted by Gasteiger charge is -2.20. The number of nitrogens with one attached hydrogen (secondary N) is 1. The smallest absolute Gasteiger partial charge is 0.235 e. The van der Waals surface area contributed by atoms with Crippen LogP contribution in [-0.2, 0) is 14.6 Å². The van der Waals surface area contributed by atoms with Crippen molar-refractivity contribution in [2.75, 3.05) is 24.9 Å². The van der Waals surface area contributed by atoms with Crippen LogP contribution in [0.25, 0.3) is 0 Å². The molecule has 15 heavy (non-hydrogen) atoms. The molecular weight excluding hydrogens is 238 g/mol. The summed E-state index contributed by atoms with van der Waals surface area (Å²) in [7, 11) is -3.29. The van der Waals surface area contributed by atoms with E-state index in [4.69, 9.17) is 5.11 Å². The van der Waals surface area contributed by atoms with Gasteiger partial charge in [0.2, 0.25) is 5.91 Å². The van der Waals surface area contributed by atoms with Gasteiger partial charge in [-0.1, -0.05) is 0 Å². The molecule has 2 unspecified atom stereocenters. The summed E-state index contributed by atoms with van der Waals surface area (Å²) >= 11 is 1.42. The number of aliphatic hydroxyl groups excluding tert-OH is 1. The van der Waals surface area contributed by atoms with E-state index in [1.54, 1.807) is 6.92 Å². The molecule has 0 aliphatic heterocycles. The molecule has 2 N–H and O–H groups in total. The zero-order chi connectivity index (χ0) is 12.1. The zero-order valence-electron chi connectivity index (χ0n) is 9.06. The molecule has 5 nitrogen and oxygen atoms in total. The van der Waals surface area contributed by atoms with Crippen LogP contribution >= 0.6 is 11.8 Å². The molecule has 0 rings (SSSR count). The summed E-state index contributed by atoms with van der Waals surface area (Å²) in [5.41, 5.74) is 0. The van der Waals surface area contributed by atoms with Crippen LogP contribution in [0, 0.1) is 0 Å². The van der Waals surface area contributed by atoms with Gasteiger partial charge in [0.1, 0.15) is 5.75 Å². The van der Waals surface area contributed by atoms with Crippen LogP contribution in [0.15, 0.2) is 0 Å². The van der Waals surface area contributed by atoms with Gasteiger partial charge in [-0.25, -0.2) is 8.42 Å². The Bertz CT molecular complexity index is 298. The van der Waals surface area contributed by atoms with E-state index in [2.05, 4.69) is 5.32 Å². The van der Waals surface area contributed by atoms with Gasteiger partial charge in [-0.15, -0.1) is 0 Å². The fourth-order valence-corrected chi connectivity index (χ4v) is 2.25. The Labute approximate surface area is 94.5 Å². The Morgan fingerprint density at radius 2 is 2.07 bits per heavy atom. The second kappa shape index (κ2) is 6.34. The fourth-order valence-electron chi connectivity index (χ4n) is 1.06. The van der Waals surface area contributed by atoms with E-state index in [1.165, 1.54) is 11.8 Å². The van der Waals surface area contributed by atoms with Crippen LogP contribution in [0.1, 0.15) is 6.92 Å². The zero-order valence-corrected chi connectivity index (χ0v) is 10.7. The number of hydrogen-bond donors (Lipinski definition) is 2. The minimum Gasteiger partial charge on any atom is -0.395 e.